The molecule has 0 amide bonds. The number of halogens is 1. The van der Waals surface area contributed by atoms with Crippen molar-refractivity contribution in [3.05, 3.63) is 40.7 Å². The number of rotatable bonds is 3. The molecule has 2 rings (SSSR count). The topological polar surface area (TPSA) is 64.1 Å². The number of aromatic nitrogens is 1. The van der Waals surface area contributed by atoms with Gasteiger partial charge in [-0.2, -0.15) is 0 Å². The molecule has 3 N–H and O–H groups in total. The van der Waals surface area contributed by atoms with E-state index in [1.54, 1.807) is 12.1 Å². The van der Waals surface area contributed by atoms with Crippen LogP contribution in [0.3, 0.4) is 0 Å². The van der Waals surface area contributed by atoms with E-state index in [2.05, 4.69) is 10.5 Å². The molecule has 2 aromatic rings. The van der Waals surface area contributed by atoms with E-state index in [9.17, 15) is 0 Å². The molecule has 0 aliphatic carbocycles. The maximum Gasteiger partial charge on any atom is 0.133 e. The van der Waals surface area contributed by atoms with Crippen molar-refractivity contribution in [1.29, 1.82) is 0 Å². The van der Waals surface area contributed by atoms with Crippen molar-refractivity contribution in [3.8, 4) is 0 Å². The number of para-hydroxylation sites is 1. The Morgan fingerprint density at radius 3 is 2.94 bits per heavy atom. The van der Waals surface area contributed by atoms with Gasteiger partial charge < -0.3 is 15.6 Å². The van der Waals surface area contributed by atoms with Crippen LogP contribution in [-0.2, 0) is 6.54 Å². The minimum absolute atomic E-state index is 0.533. The first-order valence-electron chi connectivity index (χ1n) is 4.87. The molecule has 0 saturated heterocycles. The Bertz CT molecular complexity index is 475. The van der Waals surface area contributed by atoms with E-state index >= 15 is 0 Å². The van der Waals surface area contributed by atoms with Crippen LogP contribution in [0.5, 0.6) is 0 Å². The third kappa shape index (κ3) is 2.28. The molecular weight excluding hydrogens is 226 g/mol. The summed E-state index contributed by atoms with van der Waals surface area (Å²) < 4.78 is 4.96. The van der Waals surface area contributed by atoms with Crippen LogP contribution in [0.4, 0.5) is 11.4 Å². The number of anilines is 2. The summed E-state index contributed by atoms with van der Waals surface area (Å²) >= 11 is 6.01. The van der Waals surface area contributed by atoms with Gasteiger partial charge in [-0.3, -0.25) is 0 Å². The Morgan fingerprint density at radius 2 is 2.31 bits per heavy atom. The van der Waals surface area contributed by atoms with E-state index in [0.717, 1.165) is 17.1 Å². The Hall–Kier alpha value is -1.68. The molecule has 4 nitrogen and oxygen atoms in total. The zero-order valence-electron chi connectivity index (χ0n) is 8.83. The van der Waals surface area contributed by atoms with Crippen molar-refractivity contribution in [2.45, 2.75) is 13.5 Å². The van der Waals surface area contributed by atoms with E-state index in [-0.39, 0.29) is 0 Å². The quantitative estimate of drug-likeness (QED) is 0.806. The van der Waals surface area contributed by atoms with Crippen LogP contribution in [0.25, 0.3) is 0 Å². The van der Waals surface area contributed by atoms with Gasteiger partial charge in [0.05, 0.1) is 22.9 Å². The van der Waals surface area contributed by atoms with Gasteiger partial charge in [-0.05, 0) is 19.1 Å². The highest BCUT2D eigenvalue weighted by atomic mass is 35.5. The van der Waals surface area contributed by atoms with Crippen LogP contribution in [0.1, 0.15) is 11.5 Å². The lowest BCUT2D eigenvalue weighted by molar-refractivity contribution is 0.391. The molecule has 1 aromatic carbocycles. The van der Waals surface area contributed by atoms with Crippen LogP contribution >= 0.6 is 11.6 Å². The smallest absolute Gasteiger partial charge is 0.133 e. The first-order valence-corrected chi connectivity index (χ1v) is 5.24. The molecule has 0 aliphatic heterocycles. The molecule has 84 valence electrons. The highest BCUT2D eigenvalue weighted by molar-refractivity contribution is 6.33. The Morgan fingerprint density at radius 1 is 1.50 bits per heavy atom. The Balaban J connectivity index is 2.10. The van der Waals surface area contributed by atoms with Crippen molar-refractivity contribution in [2.75, 3.05) is 11.1 Å². The third-order valence-corrected chi connectivity index (χ3v) is 2.48. The highest BCUT2D eigenvalue weighted by Gasteiger charge is 2.05. The Labute approximate surface area is 98.4 Å². The number of nitrogen functional groups attached to an aromatic ring is 1. The van der Waals surface area contributed by atoms with E-state index in [4.69, 9.17) is 21.9 Å². The summed E-state index contributed by atoms with van der Waals surface area (Å²) in [7, 11) is 0. The summed E-state index contributed by atoms with van der Waals surface area (Å²) in [4.78, 5) is 0. The number of hydrogen-bond donors (Lipinski definition) is 2. The molecule has 1 heterocycles. The van der Waals surface area contributed by atoms with E-state index in [1.165, 1.54) is 0 Å². The zero-order chi connectivity index (χ0) is 11.5. The lowest BCUT2D eigenvalue weighted by Gasteiger charge is -2.09. The molecule has 1 aromatic heterocycles. The van der Waals surface area contributed by atoms with Gasteiger partial charge >= 0.3 is 0 Å². The number of benzene rings is 1. The van der Waals surface area contributed by atoms with Crippen molar-refractivity contribution in [2.24, 2.45) is 0 Å². The molecular formula is C11H12ClN3O. The molecule has 0 spiro atoms. The van der Waals surface area contributed by atoms with Crippen LogP contribution < -0.4 is 11.1 Å². The summed E-state index contributed by atoms with van der Waals surface area (Å²) in [5.41, 5.74) is 7.96. The minimum atomic E-state index is 0.533. The predicted octanol–water partition coefficient (Wildman–Crippen LogP) is 2.83. The van der Waals surface area contributed by atoms with E-state index in [1.807, 2.05) is 19.1 Å². The first kappa shape index (κ1) is 10.8. The molecule has 0 aliphatic rings. The van der Waals surface area contributed by atoms with Crippen LogP contribution in [-0.4, -0.2) is 5.16 Å². The SMILES string of the molecule is Cc1cc(CNc2c(N)cccc2Cl)no1. The van der Waals surface area contributed by atoms with Gasteiger partial charge in [-0.25, -0.2) is 0 Å². The average molecular weight is 238 g/mol. The highest BCUT2D eigenvalue weighted by Crippen LogP contribution is 2.28. The lowest BCUT2D eigenvalue weighted by atomic mass is 10.2. The molecule has 16 heavy (non-hydrogen) atoms. The van der Waals surface area contributed by atoms with Crippen LogP contribution in [0.2, 0.25) is 5.02 Å². The number of hydrogen-bond acceptors (Lipinski definition) is 4. The minimum Gasteiger partial charge on any atom is -0.397 e. The van der Waals surface area contributed by atoms with Crippen LogP contribution in [0, 0.1) is 6.92 Å². The normalized spacial score (nSPS) is 10.4. The van der Waals surface area contributed by atoms with Crippen molar-refractivity contribution in [1.82, 2.24) is 5.16 Å². The number of nitrogens with one attached hydrogen (secondary N) is 1. The predicted molar refractivity (Wildman–Crippen MR) is 64.4 cm³/mol. The number of nitrogens with zero attached hydrogens (tertiary/aromatic N) is 1. The zero-order valence-corrected chi connectivity index (χ0v) is 9.58. The maximum atomic E-state index is 6.01. The summed E-state index contributed by atoms with van der Waals surface area (Å²) in [5.74, 6) is 0.781. The maximum absolute atomic E-state index is 6.01. The molecule has 5 heteroatoms. The second kappa shape index (κ2) is 4.45. The first-order chi connectivity index (χ1) is 7.66. The molecule has 0 saturated carbocycles. The number of nitrogens with two attached hydrogens (primary N) is 1. The van der Waals surface area contributed by atoms with Crippen molar-refractivity contribution < 1.29 is 4.52 Å². The molecule has 0 atom stereocenters. The fourth-order valence-electron chi connectivity index (χ4n) is 1.41. The fraction of sp³-hybridized carbons (Fsp3) is 0.182. The van der Waals surface area contributed by atoms with Gasteiger partial charge in [0.1, 0.15) is 11.5 Å². The molecule has 0 fully saturated rings. The fourth-order valence-corrected chi connectivity index (χ4v) is 1.66. The molecule has 0 bridgehead atoms. The van der Waals surface area contributed by atoms with Crippen molar-refractivity contribution in [3.63, 3.8) is 0 Å². The molecule has 0 radical (unpaired) electrons. The summed E-state index contributed by atoms with van der Waals surface area (Å²) in [6.45, 7) is 2.38. The molecule has 0 unspecified atom stereocenters. The second-order valence-corrected chi connectivity index (χ2v) is 3.89. The third-order valence-electron chi connectivity index (χ3n) is 2.17. The van der Waals surface area contributed by atoms with Gasteiger partial charge in [0, 0.05) is 6.07 Å². The van der Waals surface area contributed by atoms with Crippen molar-refractivity contribution >= 4 is 23.0 Å². The van der Waals surface area contributed by atoms with E-state index in [0.29, 0.717) is 17.3 Å². The summed E-state index contributed by atoms with van der Waals surface area (Å²) in [6, 6.07) is 7.25. The van der Waals surface area contributed by atoms with Gasteiger partial charge in [0.25, 0.3) is 0 Å². The van der Waals surface area contributed by atoms with Crippen LogP contribution in [0.15, 0.2) is 28.8 Å². The summed E-state index contributed by atoms with van der Waals surface area (Å²) in [6.07, 6.45) is 0. The average Bonchev–Trinajstić information content (AvgIpc) is 2.63. The summed E-state index contributed by atoms with van der Waals surface area (Å²) in [5, 5.41) is 7.60. The van der Waals surface area contributed by atoms with Gasteiger partial charge in [-0.1, -0.05) is 22.8 Å². The monoisotopic (exact) mass is 237 g/mol. The Kier molecular flexibility index (Phi) is 3.01. The standard InChI is InChI=1S/C11H12ClN3O/c1-7-5-8(15-16-7)6-14-11-9(12)3-2-4-10(11)13/h2-5,14H,6,13H2,1H3. The van der Waals surface area contributed by atoms with Gasteiger partial charge in [-0.15, -0.1) is 0 Å². The van der Waals surface area contributed by atoms with E-state index < -0.39 is 0 Å². The number of aryl methyl sites for hydroxylation is 1. The largest absolute Gasteiger partial charge is 0.397 e. The van der Waals surface area contributed by atoms with Gasteiger partial charge in [0.15, 0.2) is 0 Å². The van der Waals surface area contributed by atoms with Gasteiger partial charge in [0.2, 0.25) is 0 Å². The second-order valence-electron chi connectivity index (χ2n) is 3.49. The lowest BCUT2D eigenvalue weighted by Crippen LogP contribution is -2.03.